The molecule has 1 heterocycles. The third-order valence-electron chi connectivity index (χ3n) is 4.40. The second-order valence-corrected chi connectivity index (χ2v) is 6.01. The second kappa shape index (κ2) is 7.66. The molecule has 2 atom stereocenters. The number of carbonyl (C=O) groups is 2. The first kappa shape index (κ1) is 16.8. The average Bonchev–Trinajstić information content (AvgIpc) is 3.06. The maximum atomic E-state index is 12.3. The SMILES string of the molecule is COC1CCCC1OC(=O)CCC(=O)c1ccc2c(c1)OCCO2. The molecular weight excluding hydrogens is 312 g/mol. The van der Waals surface area contributed by atoms with Crippen molar-refractivity contribution in [3.8, 4) is 11.5 Å². The molecule has 1 fully saturated rings. The molecule has 1 aliphatic heterocycles. The van der Waals surface area contributed by atoms with Crippen LogP contribution in [0.2, 0.25) is 0 Å². The summed E-state index contributed by atoms with van der Waals surface area (Å²) in [6.45, 7) is 0.981. The minimum absolute atomic E-state index is 0.0255. The normalized spacial score (nSPS) is 22.2. The molecule has 0 N–H and O–H groups in total. The van der Waals surface area contributed by atoms with Gasteiger partial charge in [-0.2, -0.15) is 0 Å². The highest BCUT2D eigenvalue weighted by atomic mass is 16.6. The van der Waals surface area contributed by atoms with Gasteiger partial charge in [0.1, 0.15) is 19.3 Å². The van der Waals surface area contributed by atoms with Crippen LogP contribution in [-0.2, 0) is 14.3 Å². The smallest absolute Gasteiger partial charge is 0.306 e. The zero-order chi connectivity index (χ0) is 16.9. The lowest BCUT2D eigenvalue weighted by atomic mass is 10.1. The van der Waals surface area contributed by atoms with Gasteiger partial charge < -0.3 is 18.9 Å². The molecule has 1 saturated carbocycles. The molecule has 130 valence electrons. The summed E-state index contributed by atoms with van der Waals surface area (Å²) in [6.07, 6.45) is 2.69. The number of benzene rings is 1. The molecule has 0 amide bonds. The van der Waals surface area contributed by atoms with Gasteiger partial charge in [0.05, 0.1) is 12.5 Å². The van der Waals surface area contributed by atoms with Gasteiger partial charge in [-0.15, -0.1) is 0 Å². The molecule has 6 heteroatoms. The number of Topliss-reactive ketones (excluding diaryl/α,β-unsaturated/α-hetero) is 1. The topological polar surface area (TPSA) is 71.1 Å². The van der Waals surface area contributed by atoms with Gasteiger partial charge in [0.2, 0.25) is 0 Å². The van der Waals surface area contributed by atoms with Crippen molar-refractivity contribution >= 4 is 11.8 Å². The van der Waals surface area contributed by atoms with Gasteiger partial charge in [0.25, 0.3) is 0 Å². The summed E-state index contributed by atoms with van der Waals surface area (Å²) in [5.41, 5.74) is 0.516. The van der Waals surface area contributed by atoms with Crippen LogP contribution in [0.25, 0.3) is 0 Å². The van der Waals surface area contributed by atoms with Gasteiger partial charge in [-0.1, -0.05) is 0 Å². The largest absolute Gasteiger partial charge is 0.486 e. The zero-order valence-electron chi connectivity index (χ0n) is 13.8. The van der Waals surface area contributed by atoms with E-state index in [0.717, 1.165) is 19.3 Å². The molecule has 1 aromatic carbocycles. The highest BCUT2D eigenvalue weighted by Crippen LogP contribution is 2.31. The van der Waals surface area contributed by atoms with Crippen molar-refractivity contribution in [3.05, 3.63) is 23.8 Å². The number of carbonyl (C=O) groups excluding carboxylic acids is 2. The van der Waals surface area contributed by atoms with Crippen molar-refractivity contribution in [2.45, 2.75) is 44.3 Å². The van der Waals surface area contributed by atoms with Gasteiger partial charge in [0.15, 0.2) is 17.3 Å². The third-order valence-corrected chi connectivity index (χ3v) is 4.40. The first-order valence-corrected chi connectivity index (χ1v) is 8.32. The molecule has 0 aromatic heterocycles. The number of hydrogen-bond acceptors (Lipinski definition) is 6. The molecule has 3 rings (SSSR count). The molecule has 2 unspecified atom stereocenters. The molecule has 0 spiro atoms. The first-order chi connectivity index (χ1) is 11.7. The van der Waals surface area contributed by atoms with E-state index in [0.29, 0.717) is 30.3 Å². The van der Waals surface area contributed by atoms with Crippen molar-refractivity contribution in [2.24, 2.45) is 0 Å². The van der Waals surface area contributed by atoms with Crippen molar-refractivity contribution in [2.75, 3.05) is 20.3 Å². The highest BCUT2D eigenvalue weighted by Gasteiger charge is 2.30. The van der Waals surface area contributed by atoms with Crippen LogP contribution in [0.15, 0.2) is 18.2 Å². The zero-order valence-corrected chi connectivity index (χ0v) is 13.8. The van der Waals surface area contributed by atoms with E-state index in [-0.39, 0.29) is 36.8 Å². The number of hydrogen-bond donors (Lipinski definition) is 0. The number of rotatable bonds is 6. The highest BCUT2D eigenvalue weighted by molar-refractivity contribution is 5.98. The van der Waals surface area contributed by atoms with Crippen molar-refractivity contribution < 1.29 is 28.5 Å². The molecular formula is C18H22O6. The van der Waals surface area contributed by atoms with Crippen LogP contribution < -0.4 is 9.47 Å². The van der Waals surface area contributed by atoms with Crippen LogP contribution in [0.5, 0.6) is 11.5 Å². The van der Waals surface area contributed by atoms with Crippen LogP contribution in [-0.4, -0.2) is 44.3 Å². The molecule has 6 nitrogen and oxygen atoms in total. The minimum atomic E-state index is -0.352. The number of fused-ring (bicyclic) bond motifs is 1. The predicted octanol–water partition coefficient (Wildman–Crippen LogP) is 2.53. The lowest BCUT2D eigenvalue weighted by molar-refractivity contribution is -0.154. The minimum Gasteiger partial charge on any atom is -0.486 e. The van der Waals surface area contributed by atoms with E-state index in [1.165, 1.54) is 0 Å². The Morgan fingerprint density at radius 3 is 2.62 bits per heavy atom. The fourth-order valence-corrected chi connectivity index (χ4v) is 3.10. The molecule has 0 bridgehead atoms. The van der Waals surface area contributed by atoms with Crippen molar-refractivity contribution in [1.82, 2.24) is 0 Å². The summed E-state index contributed by atoms with van der Waals surface area (Å²) in [5, 5.41) is 0. The Labute approximate surface area is 141 Å². The van der Waals surface area contributed by atoms with Crippen LogP contribution in [0.1, 0.15) is 42.5 Å². The fraction of sp³-hybridized carbons (Fsp3) is 0.556. The summed E-state index contributed by atoms with van der Waals surface area (Å²) in [5.74, 6) is 0.751. The van der Waals surface area contributed by atoms with Gasteiger partial charge in [-0.25, -0.2) is 0 Å². The van der Waals surface area contributed by atoms with Gasteiger partial charge in [-0.05, 0) is 37.5 Å². The van der Waals surface area contributed by atoms with Crippen LogP contribution in [0, 0.1) is 0 Å². The molecule has 1 aliphatic carbocycles. The molecule has 0 radical (unpaired) electrons. The summed E-state index contributed by atoms with van der Waals surface area (Å²) < 4.78 is 21.6. The van der Waals surface area contributed by atoms with Crippen molar-refractivity contribution in [3.63, 3.8) is 0 Å². The summed E-state index contributed by atoms with van der Waals surface area (Å²) in [7, 11) is 1.63. The quantitative estimate of drug-likeness (QED) is 0.588. The molecule has 24 heavy (non-hydrogen) atoms. The van der Waals surface area contributed by atoms with E-state index in [9.17, 15) is 9.59 Å². The van der Waals surface area contributed by atoms with Crippen LogP contribution >= 0.6 is 0 Å². The monoisotopic (exact) mass is 334 g/mol. The Hall–Kier alpha value is -2.08. The Morgan fingerprint density at radius 1 is 1.08 bits per heavy atom. The summed E-state index contributed by atoms with van der Waals surface area (Å²) >= 11 is 0. The number of esters is 1. The van der Waals surface area contributed by atoms with E-state index >= 15 is 0 Å². The Bertz CT molecular complexity index is 612. The number of ether oxygens (including phenoxy) is 4. The Balaban J connectivity index is 1.51. The standard InChI is InChI=1S/C18H22O6/c1-21-14-3-2-4-16(14)24-18(20)8-6-13(19)12-5-7-15-17(11-12)23-10-9-22-15/h5,7,11,14,16H,2-4,6,8-10H2,1H3. The van der Waals surface area contributed by atoms with E-state index in [1.807, 2.05) is 0 Å². The lowest BCUT2D eigenvalue weighted by Gasteiger charge is -2.19. The Kier molecular flexibility index (Phi) is 5.35. The Morgan fingerprint density at radius 2 is 1.83 bits per heavy atom. The predicted molar refractivity (Wildman–Crippen MR) is 85.5 cm³/mol. The van der Waals surface area contributed by atoms with Gasteiger partial charge in [-0.3, -0.25) is 9.59 Å². The maximum absolute atomic E-state index is 12.3. The third kappa shape index (κ3) is 3.87. The van der Waals surface area contributed by atoms with Crippen LogP contribution in [0.4, 0.5) is 0 Å². The van der Waals surface area contributed by atoms with Gasteiger partial charge in [0, 0.05) is 19.1 Å². The number of methoxy groups -OCH3 is 1. The first-order valence-electron chi connectivity index (χ1n) is 8.32. The van der Waals surface area contributed by atoms with E-state index < -0.39 is 0 Å². The van der Waals surface area contributed by atoms with Gasteiger partial charge >= 0.3 is 5.97 Å². The number of ketones is 1. The lowest BCUT2D eigenvalue weighted by Crippen LogP contribution is -2.27. The van der Waals surface area contributed by atoms with Crippen LogP contribution in [0.3, 0.4) is 0 Å². The van der Waals surface area contributed by atoms with Crippen molar-refractivity contribution in [1.29, 1.82) is 0 Å². The summed E-state index contributed by atoms with van der Waals surface area (Å²) in [6, 6.07) is 5.08. The fourth-order valence-electron chi connectivity index (χ4n) is 3.10. The second-order valence-electron chi connectivity index (χ2n) is 6.01. The average molecular weight is 334 g/mol. The van der Waals surface area contributed by atoms with E-state index in [2.05, 4.69) is 0 Å². The molecule has 1 aromatic rings. The molecule has 2 aliphatic rings. The maximum Gasteiger partial charge on any atom is 0.306 e. The van der Waals surface area contributed by atoms with E-state index in [1.54, 1.807) is 25.3 Å². The molecule has 0 saturated heterocycles. The van der Waals surface area contributed by atoms with E-state index in [4.69, 9.17) is 18.9 Å². The summed E-state index contributed by atoms with van der Waals surface area (Å²) in [4.78, 5) is 24.2.